The van der Waals surface area contributed by atoms with Gasteiger partial charge in [0.25, 0.3) is 5.91 Å². The lowest BCUT2D eigenvalue weighted by molar-refractivity contribution is 0.0499. The Bertz CT molecular complexity index is 917. The third-order valence-electron chi connectivity index (χ3n) is 4.50. The maximum Gasteiger partial charge on any atom is 0.407 e. The highest BCUT2D eigenvalue weighted by Gasteiger charge is 2.39. The minimum atomic E-state index is -0.611. The van der Waals surface area contributed by atoms with Gasteiger partial charge in [0.1, 0.15) is 17.4 Å². The average molecular weight is 384 g/mol. The van der Waals surface area contributed by atoms with Crippen LogP contribution in [0.2, 0.25) is 0 Å². The predicted molar refractivity (Wildman–Crippen MR) is 101 cm³/mol. The maximum absolute atomic E-state index is 12.8. The zero-order chi connectivity index (χ0) is 20.5. The molecule has 2 aromatic rings. The van der Waals surface area contributed by atoms with E-state index in [1.54, 1.807) is 36.5 Å². The molecular weight excluding hydrogens is 360 g/mol. The van der Waals surface area contributed by atoms with E-state index in [1.165, 1.54) is 12.3 Å². The Balaban J connectivity index is 1.79. The summed E-state index contributed by atoms with van der Waals surface area (Å²) in [6.45, 7) is 6.15. The first kappa shape index (κ1) is 19.5. The largest absolute Gasteiger partial charge is 0.444 e. The van der Waals surface area contributed by atoms with Crippen LogP contribution in [-0.2, 0) is 11.8 Å². The Kier molecular flexibility index (Phi) is 5.14. The molecule has 9 heteroatoms. The number of alkyl carbamates (subject to hydrolysis) is 1. The van der Waals surface area contributed by atoms with Crippen LogP contribution < -0.4 is 5.32 Å². The summed E-state index contributed by atoms with van der Waals surface area (Å²) in [4.78, 5) is 29.6. The van der Waals surface area contributed by atoms with Crippen molar-refractivity contribution in [2.45, 2.75) is 38.3 Å². The molecule has 2 atom stereocenters. The highest BCUT2D eigenvalue weighted by atomic mass is 16.6. The molecule has 148 valence electrons. The number of hydrogen-bond acceptors (Lipinski definition) is 5. The highest BCUT2D eigenvalue weighted by molar-refractivity contribution is 5.93. The summed E-state index contributed by atoms with van der Waals surface area (Å²) >= 11 is 0. The fraction of sp³-hybridized carbons (Fsp3) is 0.474. The molecule has 9 nitrogen and oxygen atoms in total. The molecule has 0 aliphatic carbocycles. The number of aromatic amines is 1. The van der Waals surface area contributed by atoms with E-state index in [2.05, 4.69) is 15.4 Å². The smallest absolute Gasteiger partial charge is 0.407 e. The normalized spacial score (nSPS) is 19.3. The van der Waals surface area contributed by atoms with E-state index in [0.717, 1.165) is 5.56 Å². The molecule has 0 spiro atoms. The third-order valence-corrected chi connectivity index (χ3v) is 4.50. The lowest BCUT2D eigenvalue weighted by Crippen LogP contribution is -2.43. The minimum Gasteiger partial charge on any atom is -0.444 e. The second-order valence-corrected chi connectivity index (χ2v) is 7.93. The summed E-state index contributed by atoms with van der Waals surface area (Å²) < 4.78 is 7.06. The van der Waals surface area contributed by atoms with Crippen LogP contribution in [0, 0.1) is 11.3 Å². The molecule has 0 bridgehead atoms. The fourth-order valence-corrected chi connectivity index (χ4v) is 3.30. The number of rotatable bonds is 3. The van der Waals surface area contributed by atoms with Crippen molar-refractivity contribution in [2.24, 2.45) is 7.05 Å². The molecule has 0 radical (unpaired) electrons. The number of ether oxygens (including phenoxy) is 1. The van der Waals surface area contributed by atoms with E-state index >= 15 is 0 Å². The second kappa shape index (κ2) is 7.38. The number of aryl methyl sites for hydroxylation is 1. The van der Waals surface area contributed by atoms with Gasteiger partial charge in [-0.1, -0.05) is 0 Å². The quantitative estimate of drug-likeness (QED) is 0.836. The Hall–Kier alpha value is -3.28. The lowest BCUT2D eigenvalue weighted by Gasteiger charge is -2.23. The number of nitriles is 1. The van der Waals surface area contributed by atoms with Gasteiger partial charge in [-0.05, 0) is 32.4 Å². The summed E-state index contributed by atoms with van der Waals surface area (Å²) in [6, 6.07) is 3.21. The molecule has 3 heterocycles. The Morgan fingerprint density at radius 2 is 2.14 bits per heavy atom. The number of aromatic nitrogens is 3. The van der Waals surface area contributed by atoms with Crippen LogP contribution in [-0.4, -0.2) is 56.4 Å². The van der Waals surface area contributed by atoms with Crippen molar-refractivity contribution >= 4 is 12.0 Å². The van der Waals surface area contributed by atoms with Gasteiger partial charge in [-0.15, -0.1) is 0 Å². The van der Waals surface area contributed by atoms with Crippen LogP contribution >= 0.6 is 0 Å². The topological polar surface area (TPSA) is 116 Å². The van der Waals surface area contributed by atoms with Crippen molar-refractivity contribution in [3.05, 3.63) is 41.5 Å². The average Bonchev–Trinajstić information content (AvgIpc) is 3.31. The van der Waals surface area contributed by atoms with Crippen LogP contribution in [0.1, 0.15) is 48.3 Å². The molecule has 0 aromatic carbocycles. The molecule has 1 fully saturated rings. The first-order chi connectivity index (χ1) is 13.2. The van der Waals surface area contributed by atoms with Crippen LogP contribution in [0.4, 0.5) is 4.79 Å². The molecule has 2 aromatic heterocycles. The molecule has 1 aliphatic heterocycles. The Morgan fingerprint density at radius 3 is 2.71 bits per heavy atom. The molecule has 2 N–H and O–H groups in total. The van der Waals surface area contributed by atoms with Crippen molar-refractivity contribution < 1.29 is 14.3 Å². The SMILES string of the molecule is Cn1cc([C@@H]2CN(C(=O)c3cc(C#N)c[nH]3)C[C@H]2NC(=O)OC(C)(C)C)cn1. The van der Waals surface area contributed by atoms with E-state index in [-0.39, 0.29) is 17.9 Å². The van der Waals surface area contributed by atoms with E-state index in [0.29, 0.717) is 24.3 Å². The van der Waals surface area contributed by atoms with E-state index < -0.39 is 11.7 Å². The molecule has 1 saturated heterocycles. The summed E-state index contributed by atoms with van der Waals surface area (Å²) in [5.74, 6) is -0.334. The fourth-order valence-electron chi connectivity index (χ4n) is 3.30. The predicted octanol–water partition coefficient (Wildman–Crippen LogP) is 1.75. The summed E-state index contributed by atoms with van der Waals surface area (Å²) in [5, 5.41) is 16.1. The summed E-state index contributed by atoms with van der Waals surface area (Å²) in [5.41, 5.74) is 1.07. The van der Waals surface area contributed by atoms with Crippen molar-refractivity contribution in [2.75, 3.05) is 13.1 Å². The van der Waals surface area contributed by atoms with Gasteiger partial charge in [-0.25, -0.2) is 4.79 Å². The van der Waals surface area contributed by atoms with Gasteiger partial charge >= 0.3 is 6.09 Å². The minimum absolute atomic E-state index is 0.115. The molecular formula is C19H24N6O3. The van der Waals surface area contributed by atoms with Gasteiger partial charge in [0.15, 0.2) is 0 Å². The van der Waals surface area contributed by atoms with Gasteiger partial charge in [-0.3, -0.25) is 9.48 Å². The number of amides is 2. The van der Waals surface area contributed by atoms with E-state index in [1.807, 2.05) is 19.3 Å². The number of H-pyrrole nitrogens is 1. The molecule has 1 aliphatic rings. The van der Waals surface area contributed by atoms with Gasteiger partial charge in [0.05, 0.1) is 17.8 Å². The number of nitrogens with one attached hydrogen (secondary N) is 2. The van der Waals surface area contributed by atoms with Crippen molar-refractivity contribution in [1.29, 1.82) is 5.26 Å². The molecule has 2 amide bonds. The van der Waals surface area contributed by atoms with Crippen LogP contribution in [0.3, 0.4) is 0 Å². The van der Waals surface area contributed by atoms with E-state index in [4.69, 9.17) is 10.00 Å². The maximum atomic E-state index is 12.8. The number of likely N-dealkylation sites (tertiary alicyclic amines) is 1. The zero-order valence-electron chi connectivity index (χ0n) is 16.4. The summed E-state index contributed by atoms with van der Waals surface area (Å²) in [6.07, 6.45) is 4.60. The number of carbonyl (C=O) groups is 2. The van der Waals surface area contributed by atoms with Crippen molar-refractivity contribution in [3.63, 3.8) is 0 Å². The standard InChI is InChI=1S/C19H24N6O3/c1-19(2,3)28-18(27)23-16-11-25(10-14(16)13-8-22-24(4)9-13)17(26)15-5-12(6-20)7-21-15/h5,7-9,14,16,21H,10-11H2,1-4H3,(H,23,27)/t14-,16+/m0/s1. The monoisotopic (exact) mass is 384 g/mol. The Labute approximate surface area is 163 Å². The second-order valence-electron chi connectivity index (χ2n) is 7.93. The number of nitrogens with zero attached hydrogens (tertiary/aromatic N) is 4. The van der Waals surface area contributed by atoms with Crippen LogP contribution in [0.5, 0.6) is 0 Å². The van der Waals surface area contributed by atoms with Crippen molar-refractivity contribution in [3.8, 4) is 6.07 Å². The van der Waals surface area contributed by atoms with Gasteiger partial charge in [-0.2, -0.15) is 10.4 Å². The van der Waals surface area contributed by atoms with E-state index in [9.17, 15) is 9.59 Å². The van der Waals surface area contributed by atoms with Gasteiger partial charge in [0, 0.05) is 38.4 Å². The molecule has 28 heavy (non-hydrogen) atoms. The molecule has 0 saturated carbocycles. The van der Waals surface area contributed by atoms with Crippen LogP contribution in [0.15, 0.2) is 24.7 Å². The first-order valence-electron chi connectivity index (χ1n) is 9.02. The lowest BCUT2D eigenvalue weighted by atomic mass is 9.97. The van der Waals surface area contributed by atoms with Crippen LogP contribution in [0.25, 0.3) is 0 Å². The Morgan fingerprint density at radius 1 is 1.39 bits per heavy atom. The highest BCUT2D eigenvalue weighted by Crippen LogP contribution is 2.29. The summed E-state index contributed by atoms with van der Waals surface area (Å²) in [7, 11) is 1.82. The molecule has 0 unspecified atom stereocenters. The van der Waals surface area contributed by atoms with Gasteiger partial charge < -0.3 is 19.9 Å². The number of hydrogen-bond donors (Lipinski definition) is 2. The third kappa shape index (κ3) is 4.34. The molecule has 3 rings (SSSR count). The number of carbonyl (C=O) groups excluding carboxylic acids is 2. The first-order valence-corrected chi connectivity index (χ1v) is 9.02. The van der Waals surface area contributed by atoms with Gasteiger partial charge in [0.2, 0.25) is 0 Å². The zero-order valence-corrected chi connectivity index (χ0v) is 16.4. The van der Waals surface area contributed by atoms with Crippen molar-refractivity contribution in [1.82, 2.24) is 25.0 Å².